The fourth-order valence-corrected chi connectivity index (χ4v) is 1.59. The van der Waals surface area contributed by atoms with Crippen molar-refractivity contribution in [3.63, 3.8) is 0 Å². The molecule has 100 valence electrons. The number of aromatic carboxylic acids is 1. The highest BCUT2D eigenvalue weighted by Crippen LogP contribution is 2.15. The molecule has 0 aliphatic carbocycles. The van der Waals surface area contributed by atoms with E-state index in [1.165, 1.54) is 18.2 Å². The molecular formula is C13H13NO5. The van der Waals surface area contributed by atoms with E-state index in [1.54, 1.807) is 0 Å². The number of nitrogens with two attached hydrogens (primary N) is 1. The summed E-state index contributed by atoms with van der Waals surface area (Å²) in [4.78, 5) is 33.2. The average Bonchev–Trinajstić information content (AvgIpc) is 2.37. The highest BCUT2D eigenvalue weighted by atomic mass is 16.5. The predicted molar refractivity (Wildman–Crippen MR) is 66.8 cm³/mol. The van der Waals surface area contributed by atoms with Gasteiger partial charge in [0.25, 0.3) is 0 Å². The van der Waals surface area contributed by atoms with Gasteiger partial charge in [0.2, 0.25) is 5.91 Å². The highest BCUT2D eigenvalue weighted by Gasteiger charge is 2.18. The summed E-state index contributed by atoms with van der Waals surface area (Å²) in [7, 11) is 0. The number of carboxylic acid groups (broad SMARTS) is 1. The van der Waals surface area contributed by atoms with Crippen LogP contribution in [0, 0.1) is 0 Å². The summed E-state index contributed by atoms with van der Waals surface area (Å²) in [6.45, 7) is 3.23. The quantitative estimate of drug-likeness (QED) is 0.582. The second-order valence-electron chi connectivity index (χ2n) is 3.63. The van der Waals surface area contributed by atoms with E-state index >= 15 is 0 Å². The SMILES string of the molecule is C=CC(=O)OCCc1cccc(C(N)=O)c1C(=O)O. The van der Waals surface area contributed by atoms with Crippen molar-refractivity contribution >= 4 is 17.8 Å². The number of ether oxygens (including phenoxy) is 1. The molecule has 0 aliphatic heterocycles. The molecule has 3 N–H and O–H groups in total. The normalized spacial score (nSPS) is 9.68. The van der Waals surface area contributed by atoms with E-state index in [0.29, 0.717) is 5.56 Å². The first-order chi connectivity index (χ1) is 8.97. The fourth-order valence-electron chi connectivity index (χ4n) is 1.59. The molecular weight excluding hydrogens is 250 g/mol. The third kappa shape index (κ3) is 3.67. The van der Waals surface area contributed by atoms with Crippen LogP contribution in [-0.4, -0.2) is 29.6 Å². The topological polar surface area (TPSA) is 107 Å². The van der Waals surface area contributed by atoms with Gasteiger partial charge in [0, 0.05) is 12.5 Å². The van der Waals surface area contributed by atoms with Crippen molar-refractivity contribution in [2.45, 2.75) is 6.42 Å². The fraction of sp³-hybridized carbons (Fsp3) is 0.154. The molecule has 0 heterocycles. The number of hydrogen-bond acceptors (Lipinski definition) is 4. The van der Waals surface area contributed by atoms with Crippen LogP contribution in [0.2, 0.25) is 0 Å². The number of amides is 1. The minimum atomic E-state index is -1.25. The Bertz CT molecular complexity index is 536. The van der Waals surface area contributed by atoms with Gasteiger partial charge in [-0.1, -0.05) is 18.7 Å². The van der Waals surface area contributed by atoms with Crippen LogP contribution in [-0.2, 0) is 16.0 Å². The standard InChI is InChI=1S/C13H13NO5/c1-2-10(15)19-7-6-8-4-3-5-9(12(14)16)11(8)13(17)18/h2-5H,1,6-7H2,(H2,14,16)(H,17,18). The molecule has 0 aromatic heterocycles. The minimum Gasteiger partial charge on any atom is -0.478 e. The van der Waals surface area contributed by atoms with Crippen molar-refractivity contribution in [3.05, 3.63) is 47.5 Å². The number of hydrogen-bond donors (Lipinski definition) is 2. The monoisotopic (exact) mass is 263 g/mol. The molecule has 1 aromatic rings. The van der Waals surface area contributed by atoms with Gasteiger partial charge in [-0.2, -0.15) is 0 Å². The molecule has 0 unspecified atom stereocenters. The lowest BCUT2D eigenvalue weighted by atomic mass is 9.98. The van der Waals surface area contributed by atoms with Crippen LogP contribution in [0.5, 0.6) is 0 Å². The number of primary amides is 1. The summed E-state index contributed by atoms with van der Waals surface area (Å²) in [5.74, 6) is -2.66. The number of benzene rings is 1. The van der Waals surface area contributed by atoms with Gasteiger partial charge in [0.1, 0.15) is 0 Å². The Morgan fingerprint density at radius 1 is 1.37 bits per heavy atom. The molecule has 0 saturated carbocycles. The van der Waals surface area contributed by atoms with Crippen LogP contribution in [0.15, 0.2) is 30.9 Å². The van der Waals surface area contributed by atoms with Crippen molar-refractivity contribution in [2.24, 2.45) is 5.73 Å². The number of rotatable bonds is 6. The van der Waals surface area contributed by atoms with Crippen molar-refractivity contribution in [2.75, 3.05) is 6.61 Å². The zero-order valence-electron chi connectivity index (χ0n) is 10.1. The first kappa shape index (κ1) is 14.4. The van der Waals surface area contributed by atoms with E-state index in [4.69, 9.17) is 15.6 Å². The van der Waals surface area contributed by atoms with Crippen LogP contribution >= 0.6 is 0 Å². The van der Waals surface area contributed by atoms with Crippen molar-refractivity contribution in [1.29, 1.82) is 0 Å². The van der Waals surface area contributed by atoms with Crippen molar-refractivity contribution in [1.82, 2.24) is 0 Å². The van der Waals surface area contributed by atoms with Gasteiger partial charge in [-0.3, -0.25) is 4.79 Å². The zero-order valence-corrected chi connectivity index (χ0v) is 10.1. The molecule has 6 heteroatoms. The second kappa shape index (κ2) is 6.34. The summed E-state index contributed by atoms with van der Waals surface area (Å²) < 4.78 is 4.76. The number of carbonyl (C=O) groups is 3. The van der Waals surface area contributed by atoms with Gasteiger partial charge in [0.05, 0.1) is 17.7 Å². The Hall–Kier alpha value is -2.63. The second-order valence-corrected chi connectivity index (χ2v) is 3.63. The van der Waals surface area contributed by atoms with E-state index in [0.717, 1.165) is 6.08 Å². The molecule has 1 amide bonds. The molecule has 0 radical (unpaired) electrons. The van der Waals surface area contributed by atoms with Crippen LogP contribution < -0.4 is 5.73 Å². The average molecular weight is 263 g/mol. The number of esters is 1. The molecule has 6 nitrogen and oxygen atoms in total. The maximum Gasteiger partial charge on any atom is 0.336 e. The maximum atomic E-state index is 11.2. The van der Waals surface area contributed by atoms with Crippen LogP contribution in [0.1, 0.15) is 26.3 Å². The lowest BCUT2D eigenvalue weighted by Crippen LogP contribution is -2.18. The largest absolute Gasteiger partial charge is 0.478 e. The van der Waals surface area contributed by atoms with Crippen molar-refractivity contribution in [3.8, 4) is 0 Å². The van der Waals surface area contributed by atoms with E-state index in [-0.39, 0.29) is 24.2 Å². The molecule has 0 saturated heterocycles. The molecule has 1 aromatic carbocycles. The first-order valence-electron chi connectivity index (χ1n) is 5.41. The van der Waals surface area contributed by atoms with Crippen LogP contribution in [0.3, 0.4) is 0 Å². The van der Waals surface area contributed by atoms with Gasteiger partial charge < -0.3 is 15.6 Å². The zero-order chi connectivity index (χ0) is 14.4. The first-order valence-corrected chi connectivity index (χ1v) is 5.41. The van der Waals surface area contributed by atoms with E-state index in [9.17, 15) is 14.4 Å². The summed E-state index contributed by atoms with van der Waals surface area (Å²) in [6.07, 6.45) is 1.18. The third-order valence-electron chi connectivity index (χ3n) is 2.41. The minimum absolute atomic E-state index is 0.00660. The Morgan fingerprint density at radius 2 is 2.05 bits per heavy atom. The van der Waals surface area contributed by atoms with Crippen LogP contribution in [0.4, 0.5) is 0 Å². The summed E-state index contributed by atoms with van der Waals surface area (Å²) in [5, 5.41) is 9.12. The maximum absolute atomic E-state index is 11.2. The predicted octanol–water partition coefficient (Wildman–Crippen LogP) is 0.755. The molecule has 0 spiro atoms. The Balaban J connectivity index is 2.97. The van der Waals surface area contributed by atoms with E-state index in [2.05, 4.69) is 6.58 Å². The summed E-state index contributed by atoms with van der Waals surface area (Å²) in [6, 6.07) is 4.40. The van der Waals surface area contributed by atoms with Crippen LogP contribution in [0.25, 0.3) is 0 Å². The third-order valence-corrected chi connectivity index (χ3v) is 2.41. The van der Waals surface area contributed by atoms with Crippen molar-refractivity contribution < 1.29 is 24.2 Å². The molecule has 19 heavy (non-hydrogen) atoms. The van der Waals surface area contributed by atoms with Gasteiger partial charge in [-0.15, -0.1) is 0 Å². The molecule has 0 fully saturated rings. The molecule has 1 rings (SSSR count). The van der Waals surface area contributed by atoms with Gasteiger partial charge >= 0.3 is 11.9 Å². The van der Waals surface area contributed by atoms with E-state index in [1.807, 2.05) is 0 Å². The number of carbonyl (C=O) groups excluding carboxylic acids is 2. The van der Waals surface area contributed by atoms with Gasteiger partial charge in [-0.25, -0.2) is 9.59 Å². The molecule has 0 bridgehead atoms. The Morgan fingerprint density at radius 3 is 2.58 bits per heavy atom. The lowest BCUT2D eigenvalue weighted by Gasteiger charge is -2.09. The highest BCUT2D eigenvalue weighted by molar-refractivity contribution is 6.05. The smallest absolute Gasteiger partial charge is 0.336 e. The molecule has 0 atom stereocenters. The number of carboxylic acids is 1. The summed E-state index contributed by atoms with van der Waals surface area (Å²) >= 11 is 0. The van der Waals surface area contributed by atoms with E-state index < -0.39 is 17.8 Å². The Kier molecular flexibility index (Phi) is 4.82. The van der Waals surface area contributed by atoms with Gasteiger partial charge in [0.15, 0.2) is 0 Å². The Labute approximate surface area is 109 Å². The van der Waals surface area contributed by atoms with Gasteiger partial charge in [-0.05, 0) is 11.6 Å². The summed E-state index contributed by atoms with van der Waals surface area (Å²) in [5.41, 5.74) is 5.26. The lowest BCUT2D eigenvalue weighted by molar-refractivity contribution is -0.137. The molecule has 0 aliphatic rings.